The molecule has 2 aromatic heterocycles. The highest BCUT2D eigenvalue weighted by Crippen LogP contribution is 2.25. The largest absolute Gasteiger partial charge is 0.333 e. The summed E-state index contributed by atoms with van der Waals surface area (Å²) in [5, 5.41) is 8.86. The number of thioether (sulfide) groups is 1. The van der Waals surface area contributed by atoms with Crippen molar-refractivity contribution in [2.45, 2.75) is 19.0 Å². The van der Waals surface area contributed by atoms with Crippen LogP contribution in [0.4, 0.5) is 5.69 Å². The van der Waals surface area contributed by atoms with Gasteiger partial charge in [-0.2, -0.15) is 5.10 Å². The minimum atomic E-state index is -0.109. The third-order valence-electron chi connectivity index (χ3n) is 4.32. The van der Waals surface area contributed by atoms with Gasteiger partial charge in [0.25, 0.3) is 0 Å². The number of rotatable bonds is 5. The number of fused-ring (bicyclic) bond motifs is 1. The first-order valence-electron chi connectivity index (χ1n) is 8.71. The van der Waals surface area contributed by atoms with Crippen LogP contribution in [0.5, 0.6) is 0 Å². The Morgan fingerprint density at radius 2 is 2.00 bits per heavy atom. The van der Waals surface area contributed by atoms with Gasteiger partial charge in [0, 0.05) is 5.02 Å². The Morgan fingerprint density at radius 1 is 1.21 bits per heavy atom. The molecule has 2 N–H and O–H groups in total. The van der Waals surface area contributed by atoms with E-state index in [1.54, 1.807) is 6.07 Å². The number of H-pyrrole nitrogens is 1. The van der Waals surface area contributed by atoms with E-state index < -0.39 is 0 Å². The standard InChI is InChI=1S/C20H18ClN5OS/c1-12-19(13(2)26(25-12)15-6-4-3-5-7-15)24-18(27)11-28-20-22-16-9-8-14(21)10-17(16)23-20/h3-10H,11H2,1-2H3,(H,22,23)(H,24,27). The van der Waals surface area contributed by atoms with E-state index in [1.165, 1.54) is 11.8 Å². The van der Waals surface area contributed by atoms with Gasteiger partial charge in [-0.15, -0.1) is 0 Å². The zero-order valence-electron chi connectivity index (χ0n) is 15.4. The molecule has 2 heterocycles. The average Bonchev–Trinajstić information content (AvgIpc) is 3.22. The quantitative estimate of drug-likeness (QED) is 0.464. The second-order valence-electron chi connectivity index (χ2n) is 6.33. The van der Waals surface area contributed by atoms with Crippen molar-refractivity contribution < 1.29 is 4.79 Å². The lowest BCUT2D eigenvalue weighted by atomic mass is 10.3. The van der Waals surface area contributed by atoms with Crippen molar-refractivity contribution in [1.29, 1.82) is 0 Å². The Hall–Kier alpha value is -2.77. The number of aryl methyl sites for hydroxylation is 1. The molecule has 0 saturated heterocycles. The second-order valence-corrected chi connectivity index (χ2v) is 7.73. The molecule has 28 heavy (non-hydrogen) atoms. The normalized spacial score (nSPS) is 11.1. The van der Waals surface area contributed by atoms with Gasteiger partial charge in [0.2, 0.25) is 5.91 Å². The minimum Gasteiger partial charge on any atom is -0.333 e. The molecule has 0 atom stereocenters. The van der Waals surface area contributed by atoms with Crippen LogP contribution in [0.25, 0.3) is 16.7 Å². The summed E-state index contributed by atoms with van der Waals surface area (Å²) >= 11 is 7.34. The fourth-order valence-electron chi connectivity index (χ4n) is 2.98. The maximum Gasteiger partial charge on any atom is 0.234 e. The van der Waals surface area contributed by atoms with Gasteiger partial charge in [0.1, 0.15) is 0 Å². The van der Waals surface area contributed by atoms with Crippen LogP contribution in [0.15, 0.2) is 53.7 Å². The monoisotopic (exact) mass is 411 g/mol. The molecule has 0 aliphatic heterocycles. The number of benzene rings is 2. The van der Waals surface area contributed by atoms with E-state index in [-0.39, 0.29) is 11.7 Å². The number of nitrogens with zero attached hydrogens (tertiary/aromatic N) is 3. The molecule has 142 valence electrons. The smallest absolute Gasteiger partial charge is 0.234 e. The first kappa shape index (κ1) is 18.6. The number of carbonyl (C=O) groups is 1. The number of hydrogen-bond donors (Lipinski definition) is 2. The number of nitrogens with one attached hydrogen (secondary N) is 2. The molecule has 0 aliphatic carbocycles. The predicted molar refractivity (Wildman–Crippen MR) is 113 cm³/mol. The zero-order valence-corrected chi connectivity index (χ0v) is 16.9. The Bertz CT molecular complexity index is 1150. The van der Waals surface area contributed by atoms with Crippen LogP contribution < -0.4 is 5.32 Å². The molecule has 8 heteroatoms. The van der Waals surface area contributed by atoms with Crippen molar-refractivity contribution in [3.05, 3.63) is 64.9 Å². The molecule has 0 unspecified atom stereocenters. The SMILES string of the molecule is Cc1nn(-c2ccccc2)c(C)c1NC(=O)CSc1nc2ccc(Cl)cc2[nH]1. The van der Waals surface area contributed by atoms with Crippen molar-refractivity contribution >= 4 is 46.0 Å². The summed E-state index contributed by atoms with van der Waals surface area (Å²) in [6.45, 7) is 3.83. The Morgan fingerprint density at radius 3 is 2.79 bits per heavy atom. The lowest BCUT2D eigenvalue weighted by molar-refractivity contribution is -0.113. The Balaban J connectivity index is 1.45. The van der Waals surface area contributed by atoms with Crippen molar-refractivity contribution in [3.63, 3.8) is 0 Å². The lowest BCUT2D eigenvalue weighted by Gasteiger charge is -2.06. The number of imidazole rings is 1. The molecular weight excluding hydrogens is 394 g/mol. The van der Waals surface area contributed by atoms with Crippen molar-refractivity contribution in [3.8, 4) is 5.69 Å². The molecule has 0 fully saturated rings. The summed E-state index contributed by atoms with van der Waals surface area (Å²) in [6.07, 6.45) is 0. The molecule has 4 aromatic rings. The molecule has 2 aromatic carbocycles. The van der Waals surface area contributed by atoms with Gasteiger partial charge in [0.05, 0.1) is 39.5 Å². The van der Waals surface area contributed by atoms with E-state index in [0.717, 1.165) is 33.8 Å². The molecular formula is C20H18ClN5OS. The summed E-state index contributed by atoms with van der Waals surface area (Å²) < 4.78 is 1.83. The molecule has 0 spiro atoms. The van der Waals surface area contributed by atoms with Gasteiger partial charge in [-0.3, -0.25) is 4.79 Å². The van der Waals surface area contributed by atoms with Crippen LogP contribution in [0.2, 0.25) is 5.02 Å². The highest BCUT2D eigenvalue weighted by atomic mass is 35.5. The van der Waals surface area contributed by atoms with E-state index >= 15 is 0 Å². The van der Waals surface area contributed by atoms with E-state index in [4.69, 9.17) is 11.6 Å². The molecule has 0 radical (unpaired) electrons. The molecule has 0 bridgehead atoms. The van der Waals surface area contributed by atoms with Crippen molar-refractivity contribution in [2.24, 2.45) is 0 Å². The summed E-state index contributed by atoms with van der Waals surface area (Å²) in [4.78, 5) is 20.1. The number of aromatic nitrogens is 4. The Labute approximate surface area is 171 Å². The summed E-state index contributed by atoms with van der Waals surface area (Å²) in [6, 6.07) is 15.3. The van der Waals surface area contributed by atoms with Crippen LogP contribution in [0.1, 0.15) is 11.4 Å². The lowest BCUT2D eigenvalue weighted by Crippen LogP contribution is -2.15. The van der Waals surface area contributed by atoms with Gasteiger partial charge < -0.3 is 10.3 Å². The minimum absolute atomic E-state index is 0.109. The summed E-state index contributed by atoms with van der Waals surface area (Å²) in [5.41, 5.74) is 5.04. The number of halogens is 1. The maximum atomic E-state index is 12.5. The molecule has 1 amide bonds. The number of carbonyl (C=O) groups excluding carboxylic acids is 1. The van der Waals surface area contributed by atoms with E-state index in [1.807, 2.05) is 61.0 Å². The van der Waals surface area contributed by atoms with Crippen molar-refractivity contribution in [1.82, 2.24) is 19.7 Å². The van der Waals surface area contributed by atoms with Crippen LogP contribution >= 0.6 is 23.4 Å². The van der Waals surface area contributed by atoms with E-state index in [9.17, 15) is 4.79 Å². The third kappa shape index (κ3) is 3.76. The van der Waals surface area contributed by atoms with E-state index in [0.29, 0.717) is 10.2 Å². The first-order valence-corrected chi connectivity index (χ1v) is 10.1. The fraction of sp³-hybridized carbons (Fsp3) is 0.150. The fourth-order valence-corrected chi connectivity index (χ4v) is 3.84. The molecule has 6 nitrogen and oxygen atoms in total. The van der Waals surface area contributed by atoms with E-state index in [2.05, 4.69) is 20.4 Å². The average molecular weight is 412 g/mol. The summed E-state index contributed by atoms with van der Waals surface area (Å²) in [7, 11) is 0. The predicted octanol–water partition coefficient (Wildman–Crippen LogP) is 4.75. The molecule has 4 rings (SSSR count). The topological polar surface area (TPSA) is 75.6 Å². The third-order valence-corrected chi connectivity index (χ3v) is 5.43. The number of amides is 1. The van der Waals surface area contributed by atoms with Crippen LogP contribution in [-0.2, 0) is 4.79 Å². The number of para-hydroxylation sites is 1. The van der Waals surface area contributed by atoms with Crippen LogP contribution in [-0.4, -0.2) is 31.4 Å². The highest BCUT2D eigenvalue weighted by molar-refractivity contribution is 7.99. The van der Waals surface area contributed by atoms with Gasteiger partial charge >= 0.3 is 0 Å². The van der Waals surface area contributed by atoms with Crippen molar-refractivity contribution in [2.75, 3.05) is 11.1 Å². The van der Waals surface area contributed by atoms with Crippen LogP contribution in [0, 0.1) is 13.8 Å². The van der Waals surface area contributed by atoms with Gasteiger partial charge in [-0.05, 0) is 44.2 Å². The number of anilines is 1. The first-order chi connectivity index (χ1) is 13.5. The highest BCUT2D eigenvalue weighted by Gasteiger charge is 2.16. The number of hydrogen-bond acceptors (Lipinski definition) is 4. The van der Waals surface area contributed by atoms with Gasteiger partial charge in [-0.25, -0.2) is 9.67 Å². The van der Waals surface area contributed by atoms with Crippen LogP contribution in [0.3, 0.4) is 0 Å². The maximum absolute atomic E-state index is 12.5. The second kappa shape index (κ2) is 7.69. The number of aromatic amines is 1. The van der Waals surface area contributed by atoms with Gasteiger partial charge in [-0.1, -0.05) is 41.6 Å². The molecule has 0 saturated carbocycles. The zero-order chi connectivity index (χ0) is 19.7. The summed E-state index contributed by atoms with van der Waals surface area (Å²) in [5.74, 6) is 0.130. The van der Waals surface area contributed by atoms with Gasteiger partial charge in [0.15, 0.2) is 5.16 Å². The molecule has 0 aliphatic rings. The Kier molecular flexibility index (Phi) is 5.11.